The smallest absolute Gasteiger partial charge is 0.303 e. The molecule has 170 valence electrons. The Labute approximate surface area is 179 Å². The number of hydrogen-bond acceptors (Lipinski definition) is 5. The first-order valence-electron chi connectivity index (χ1n) is 11.8. The molecule has 4 aliphatic carbocycles. The fraction of sp³-hybridized carbons (Fsp3) is 0.917. The molecule has 0 heterocycles. The van der Waals surface area contributed by atoms with Gasteiger partial charge in [-0.1, -0.05) is 20.8 Å². The molecule has 6 heteroatoms. The molecule has 4 aliphatic rings. The van der Waals surface area contributed by atoms with Gasteiger partial charge in [0.25, 0.3) is 0 Å². The lowest BCUT2D eigenvalue weighted by Crippen LogP contribution is -2.63. The number of aliphatic carboxylic acids is 1. The van der Waals surface area contributed by atoms with Gasteiger partial charge in [-0.05, 0) is 84.9 Å². The molecular weight excluding hydrogens is 384 g/mol. The number of carboxylic acids is 1. The van der Waals surface area contributed by atoms with E-state index in [0.29, 0.717) is 32.1 Å². The van der Waals surface area contributed by atoms with Gasteiger partial charge >= 0.3 is 5.97 Å². The monoisotopic (exact) mass is 422 g/mol. The van der Waals surface area contributed by atoms with E-state index in [1.807, 2.05) is 0 Å². The number of fused-ring (bicyclic) bond motifs is 5. The van der Waals surface area contributed by atoms with Crippen molar-refractivity contribution in [1.82, 2.24) is 0 Å². The lowest BCUT2D eigenvalue weighted by atomic mass is 9.43. The van der Waals surface area contributed by atoms with E-state index in [1.54, 1.807) is 0 Å². The Morgan fingerprint density at radius 2 is 1.83 bits per heavy atom. The Hall–Kier alpha value is -0.980. The van der Waals surface area contributed by atoms with E-state index in [-0.39, 0.29) is 58.5 Å². The number of carbonyl (C=O) groups is 2. The third-order valence-corrected chi connectivity index (χ3v) is 10.2. The molecule has 4 saturated carbocycles. The highest BCUT2D eigenvalue weighted by atomic mass is 16.4. The number of carboxylic acid groups (broad SMARTS) is 1. The number of rotatable bonds is 4. The van der Waals surface area contributed by atoms with Gasteiger partial charge in [-0.2, -0.15) is 0 Å². The molecule has 0 saturated heterocycles. The summed E-state index contributed by atoms with van der Waals surface area (Å²) in [6, 6.07) is 0. The molecule has 0 radical (unpaired) electrons. The van der Waals surface area contributed by atoms with E-state index < -0.39 is 24.3 Å². The number of aliphatic hydroxyl groups is 3. The van der Waals surface area contributed by atoms with Crippen molar-refractivity contribution in [3.63, 3.8) is 0 Å². The van der Waals surface area contributed by atoms with Crippen LogP contribution in [0.2, 0.25) is 0 Å². The van der Waals surface area contributed by atoms with Crippen LogP contribution in [0, 0.1) is 46.3 Å². The average molecular weight is 423 g/mol. The van der Waals surface area contributed by atoms with E-state index in [2.05, 4.69) is 20.8 Å². The third kappa shape index (κ3) is 3.17. The number of carbonyl (C=O) groups excluding carboxylic acids is 1. The molecule has 0 aliphatic heterocycles. The highest BCUT2D eigenvalue weighted by Crippen LogP contribution is 2.68. The van der Waals surface area contributed by atoms with Crippen LogP contribution in [0.15, 0.2) is 0 Å². The van der Waals surface area contributed by atoms with Crippen molar-refractivity contribution in [2.75, 3.05) is 0 Å². The summed E-state index contributed by atoms with van der Waals surface area (Å²) in [5.41, 5.74) is -0.571. The predicted octanol–water partition coefficient (Wildman–Crippen LogP) is 2.63. The first-order chi connectivity index (χ1) is 14.0. The van der Waals surface area contributed by atoms with Crippen LogP contribution in [0.25, 0.3) is 0 Å². The topological polar surface area (TPSA) is 115 Å². The second kappa shape index (κ2) is 7.56. The number of aliphatic hydroxyl groups excluding tert-OH is 3. The Kier molecular flexibility index (Phi) is 5.60. The molecular formula is C24H38O6. The van der Waals surface area contributed by atoms with Gasteiger partial charge in [0.15, 0.2) is 5.78 Å². The van der Waals surface area contributed by atoms with Crippen LogP contribution >= 0.6 is 0 Å². The summed E-state index contributed by atoms with van der Waals surface area (Å²) in [6.07, 6.45) is 2.66. The molecule has 0 spiro atoms. The van der Waals surface area contributed by atoms with Gasteiger partial charge in [-0.3, -0.25) is 9.59 Å². The van der Waals surface area contributed by atoms with Gasteiger partial charge in [-0.25, -0.2) is 0 Å². The summed E-state index contributed by atoms with van der Waals surface area (Å²) in [5.74, 6) is -0.0317. The minimum Gasteiger partial charge on any atom is -0.481 e. The van der Waals surface area contributed by atoms with Gasteiger partial charge in [-0.15, -0.1) is 0 Å². The van der Waals surface area contributed by atoms with E-state index in [1.165, 1.54) is 0 Å². The fourth-order valence-electron chi connectivity index (χ4n) is 8.55. The van der Waals surface area contributed by atoms with Crippen LogP contribution in [0.1, 0.15) is 72.1 Å². The van der Waals surface area contributed by atoms with Crippen molar-refractivity contribution in [2.45, 2.75) is 90.4 Å². The van der Waals surface area contributed by atoms with Gasteiger partial charge in [0.05, 0.1) is 12.2 Å². The van der Waals surface area contributed by atoms with Crippen LogP contribution in [0.4, 0.5) is 0 Å². The average Bonchev–Trinajstić information content (AvgIpc) is 3.02. The van der Waals surface area contributed by atoms with Crippen molar-refractivity contribution in [3.8, 4) is 0 Å². The van der Waals surface area contributed by atoms with E-state index in [4.69, 9.17) is 5.11 Å². The van der Waals surface area contributed by atoms with Gasteiger partial charge in [0.1, 0.15) is 6.10 Å². The van der Waals surface area contributed by atoms with Gasteiger partial charge in [0, 0.05) is 12.8 Å². The maximum atomic E-state index is 12.2. The number of hydrogen-bond donors (Lipinski definition) is 4. The highest BCUT2D eigenvalue weighted by molar-refractivity contribution is 5.84. The zero-order valence-electron chi connectivity index (χ0n) is 18.5. The highest BCUT2D eigenvalue weighted by Gasteiger charge is 2.66. The molecule has 0 amide bonds. The van der Waals surface area contributed by atoms with Gasteiger partial charge < -0.3 is 20.4 Å². The van der Waals surface area contributed by atoms with Crippen molar-refractivity contribution in [1.29, 1.82) is 0 Å². The number of ketones is 1. The first-order valence-corrected chi connectivity index (χ1v) is 11.8. The zero-order chi connectivity index (χ0) is 22.0. The summed E-state index contributed by atoms with van der Waals surface area (Å²) >= 11 is 0. The fourth-order valence-corrected chi connectivity index (χ4v) is 8.55. The lowest BCUT2D eigenvalue weighted by Gasteiger charge is -2.63. The Bertz CT molecular complexity index is 708. The molecule has 6 nitrogen and oxygen atoms in total. The van der Waals surface area contributed by atoms with Crippen LogP contribution in [0.5, 0.6) is 0 Å². The third-order valence-electron chi connectivity index (χ3n) is 10.2. The van der Waals surface area contributed by atoms with Crippen LogP contribution in [-0.2, 0) is 9.59 Å². The summed E-state index contributed by atoms with van der Waals surface area (Å²) in [4.78, 5) is 23.2. The van der Waals surface area contributed by atoms with E-state index in [0.717, 1.165) is 12.8 Å². The van der Waals surface area contributed by atoms with Crippen LogP contribution < -0.4 is 0 Å². The van der Waals surface area contributed by atoms with Crippen molar-refractivity contribution < 1.29 is 30.0 Å². The predicted molar refractivity (Wildman–Crippen MR) is 110 cm³/mol. The summed E-state index contributed by atoms with van der Waals surface area (Å²) in [7, 11) is 0. The minimum atomic E-state index is -0.931. The zero-order valence-corrected chi connectivity index (χ0v) is 18.5. The quantitative estimate of drug-likeness (QED) is 0.554. The molecule has 0 aromatic heterocycles. The van der Waals surface area contributed by atoms with E-state index in [9.17, 15) is 24.9 Å². The molecule has 4 N–H and O–H groups in total. The van der Waals surface area contributed by atoms with Crippen LogP contribution in [-0.4, -0.2) is 50.5 Å². The summed E-state index contributed by atoms with van der Waals surface area (Å²) < 4.78 is 0. The van der Waals surface area contributed by atoms with Crippen molar-refractivity contribution in [2.24, 2.45) is 46.3 Å². The van der Waals surface area contributed by atoms with Crippen LogP contribution in [0.3, 0.4) is 0 Å². The molecule has 0 aromatic carbocycles. The molecule has 0 bridgehead atoms. The summed E-state index contributed by atoms with van der Waals surface area (Å²) in [5, 5.41) is 42.1. The first kappa shape index (κ1) is 22.2. The Morgan fingerprint density at radius 3 is 2.50 bits per heavy atom. The SMILES string of the molecule is C[C@H](CCC(=O)O)[C@H]1CC[C@H]2[C@@H]3[C@H](O)C[C@@H]4CC(=O)[C@@H](O)C[C@]4(C)[C@H]3C[C@H](O)[C@]12C. The standard InChI is InChI=1S/C24H38O6/c1-12(4-7-21(29)30)14-5-6-15-22-16(10-20(28)24(14,15)3)23(2)11-19(27)17(25)8-13(23)9-18(22)26/h12-16,18-20,22,26-28H,4-11H2,1-3H3,(H,29,30)/t12-,13+,14-,15+,16+,18-,19+,20+,22+,23+,24-/m1/s1. The molecule has 4 fully saturated rings. The lowest BCUT2D eigenvalue weighted by molar-refractivity contribution is -0.207. The van der Waals surface area contributed by atoms with Gasteiger partial charge in [0.2, 0.25) is 0 Å². The molecule has 0 unspecified atom stereocenters. The maximum Gasteiger partial charge on any atom is 0.303 e. The van der Waals surface area contributed by atoms with E-state index >= 15 is 0 Å². The summed E-state index contributed by atoms with van der Waals surface area (Å²) in [6.45, 7) is 6.43. The Morgan fingerprint density at radius 1 is 1.13 bits per heavy atom. The normalized spacial score (nSPS) is 51.6. The largest absolute Gasteiger partial charge is 0.481 e. The maximum absolute atomic E-state index is 12.2. The Balaban J connectivity index is 1.63. The second-order valence-electron chi connectivity index (χ2n) is 11.4. The number of Topliss-reactive ketones (excluding diaryl/α,β-unsaturated/α-hetero) is 1. The second-order valence-corrected chi connectivity index (χ2v) is 11.4. The minimum absolute atomic E-state index is 0.0629. The van der Waals surface area contributed by atoms with Crippen molar-refractivity contribution in [3.05, 3.63) is 0 Å². The van der Waals surface area contributed by atoms with Crippen molar-refractivity contribution >= 4 is 11.8 Å². The molecule has 4 rings (SSSR count). The molecule has 30 heavy (non-hydrogen) atoms. The molecule has 11 atom stereocenters. The molecule has 0 aromatic rings.